The van der Waals surface area contributed by atoms with E-state index in [0.29, 0.717) is 0 Å². The Morgan fingerprint density at radius 2 is 0.247 bits per heavy atom. The van der Waals surface area contributed by atoms with Crippen molar-refractivity contribution in [3.63, 3.8) is 0 Å². The minimum absolute atomic E-state index is 0. The first kappa shape index (κ1) is 67.2. The molecule has 0 amide bonds. The first-order chi connectivity index (χ1) is 43.0. The predicted molar refractivity (Wildman–Crippen MR) is 398 cm³/mol. The molecule has 0 saturated heterocycles. The van der Waals surface area contributed by atoms with E-state index in [0.717, 1.165) is 0 Å². The van der Waals surface area contributed by atoms with Gasteiger partial charge in [0, 0.05) is 99.6 Å². The maximum atomic E-state index is 2.26. The van der Waals surface area contributed by atoms with E-state index in [1.54, 1.807) is 0 Å². The summed E-state index contributed by atoms with van der Waals surface area (Å²) in [5.41, 5.74) is 4.94. The summed E-state index contributed by atoms with van der Waals surface area (Å²) in [6.45, 7) is 0. The van der Waals surface area contributed by atoms with Gasteiger partial charge in [-0.25, -0.2) is 0 Å². The number of rotatable bonds is 16. The molecule has 450 valence electrons. The molecule has 0 bridgehead atoms. The van der Waals surface area contributed by atoms with Gasteiger partial charge in [0.2, 0.25) is 0 Å². The van der Waals surface area contributed by atoms with E-state index in [2.05, 4.69) is 416 Å². The zero-order chi connectivity index (χ0) is 61.5. The zero-order valence-electron chi connectivity index (χ0n) is 52.2. The molecule has 4 nitrogen and oxygen atoms in total. The van der Waals surface area contributed by atoms with Crippen LogP contribution in [0.3, 0.4) is 0 Å². The van der Waals surface area contributed by atoms with Crippen molar-refractivity contribution in [2.45, 2.75) is 0 Å². The summed E-state index contributed by atoms with van der Waals surface area (Å²) in [6, 6.07) is 122. The first-order valence-electron chi connectivity index (χ1n) is 29.7. The monoisotopic (exact) mass is 1330 g/mol. The Kier molecular flexibility index (Phi) is 26.3. The molecule has 0 radical (unpaired) electrons. The molecule has 12 aromatic carbocycles. The Bertz CT molecular complexity index is 3190. The topological polar surface area (TPSA) is 13.0 Å². The van der Waals surface area contributed by atoms with Gasteiger partial charge in [0.15, 0.2) is 0 Å². The third-order valence-corrected chi connectivity index (χ3v) is 24.4. The second-order valence-corrected chi connectivity index (χ2v) is 30.5. The Morgan fingerprint density at radius 3 is 0.348 bits per heavy atom. The predicted octanol–water partition coefficient (Wildman–Crippen LogP) is 14.0. The molecule has 9 heteroatoms. The summed E-state index contributed by atoms with van der Waals surface area (Å²) in [6.07, 6.45) is 0. The SMILES string of the molecule is CN(C)c1ccc(P(c2ccccc2)c2ccccc2)cc1.CN(C)c1ccc(P(c2ccccc2)c2ccccc2)cc1.CN(C)c1ccc(P(c2ccccc2)c2ccccc2)cc1.CN(C)c1ccc(P(c2ccccc2)c2ccccc2)cc1.[Pd]. The van der Waals surface area contributed by atoms with Gasteiger partial charge in [-0.3, -0.25) is 0 Å². The molecule has 0 aliphatic carbocycles. The average Bonchev–Trinajstić information content (AvgIpc) is 2.72. The van der Waals surface area contributed by atoms with Crippen molar-refractivity contribution in [3.8, 4) is 0 Å². The zero-order valence-corrected chi connectivity index (χ0v) is 57.4. The van der Waals surface area contributed by atoms with E-state index in [1.165, 1.54) is 86.4 Å². The second kappa shape index (κ2) is 34.8. The normalized spacial score (nSPS) is 10.6. The van der Waals surface area contributed by atoms with Gasteiger partial charge >= 0.3 is 0 Å². The third-order valence-electron chi connectivity index (χ3n) is 14.6. The van der Waals surface area contributed by atoms with E-state index in [4.69, 9.17) is 0 Å². The Hall–Kier alpha value is -7.78. The van der Waals surface area contributed by atoms with Crippen LogP contribution in [0.25, 0.3) is 0 Å². The minimum Gasteiger partial charge on any atom is -0.378 e. The summed E-state index contributed by atoms with van der Waals surface area (Å²) in [7, 11) is 14.6. The molecule has 0 spiro atoms. The van der Waals surface area contributed by atoms with Crippen LogP contribution in [0.1, 0.15) is 0 Å². The molecule has 89 heavy (non-hydrogen) atoms. The van der Waals surface area contributed by atoms with E-state index in [1.807, 2.05) is 0 Å². The average molecular weight is 1330 g/mol. The standard InChI is InChI=1S/4C20H20NP.Pd/c4*1-21(2)17-13-15-20(16-14-17)22(18-9-5-3-6-10-18)19-11-7-4-8-12-19;/h4*3-16H,1-2H3;. The van der Waals surface area contributed by atoms with Crippen molar-refractivity contribution in [3.05, 3.63) is 340 Å². The number of hydrogen-bond acceptors (Lipinski definition) is 4. The Morgan fingerprint density at radius 1 is 0.146 bits per heavy atom. The first-order valence-corrected chi connectivity index (χ1v) is 35.1. The molecule has 0 saturated carbocycles. The smallest absolute Gasteiger partial charge is 0.0361 e. The molecule has 0 heterocycles. The van der Waals surface area contributed by atoms with Crippen LogP contribution >= 0.6 is 31.7 Å². The van der Waals surface area contributed by atoms with Gasteiger partial charge in [-0.1, -0.05) is 291 Å². The van der Waals surface area contributed by atoms with Crippen molar-refractivity contribution in [2.24, 2.45) is 0 Å². The second-order valence-electron chi connectivity index (χ2n) is 21.7. The van der Waals surface area contributed by atoms with Gasteiger partial charge in [0.25, 0.3) is 0 Å². The van der Waals surface area contributed by atoms with Crippen LogP contribution in [0, 0.1) is 0 Å². The number of nitrogens with zero attached hydrogens (tertiary/aromatic N) is 4. The van der Waals surface area contributed by atoms with Gasteiger partial charge in [-0.05, 0) is 144 Å². The van der Waals surface area contributed by atoms with Gasteiger partial charge < -0.3 is 19.6 Å². The van der Waals surface area contributed by atoms with Gasteiger partial charge in [-0.2, -0.15) is 0 Å². The fourth-order valence-electron chi connectivity index (χ4n) is 10.0. The van der Waals surface area contributed by atoms with Crippen molar-refractivity contribution >= 4 is 118 Å². The number of anilines is 4. The molecule has 12 rings (SSSR count). The van der Waals surface area contributed by atoms with Crippen molar-refractivity contribution in [1.29, 1.82) is 0 Å². The largest absolute Gasteiger partial charge is 0.378 e. The van der Waals surface area contributed by atoms with Crippen LogP contribution < -0.4 is 83.3 Å². The summed E-state index contributed by atoms with van der Waals surface area (Å²) < 4.78 is 0. The fourth-order valence-corrected chi connectivity index (χ4v) is 19.1. The van der Waals surface area contributed by atoms with Crippen molar-refractivity contribution in [1.82, 2.24) is 0 Å². The molecular formula is C80H80N4P4Pd. The van der Waals surface area contributed by atoms with Gasteiger partial charge in [0.1, 0.15) is 0 Å². The van der Waals surface area contributed by atoms with Crippen molar-refractivity contribution < 1.29 is 20.4 Å². The van der Waals surface area contributed by atoms with E-state index in [-0.39, 0.29) is 20.4 Å². The fraction of sp³-hybridized carbons (Fsp3) is 0.100. The number of hydrogen-bond donors (Lipinski definition) is 0. The molecule has 0 aliphatic rings. The molecule has 0 fully saturated rings. The third kappa shape index (κ3) is 19.1. The van der Waals surface area contributed by atoms with Crippen molar-refractivity contribution in [2.75, 3.05) is 76.0 Å². The quantitative estimate of drug-likeness (QED) is 0.0706. The molecular weight excluding hydrogens is 1250 g/mol. The number of benzene rings is 12. The van der Waals surface area contributed by atoms with Crippen LogP contribution in [-0.2, 0) is 20.4 Å². The van der Waals surface area contributed by atoms with Crippen LogP contribution in [0.4, 0.5) is 22.7 Å². The molecule has 0 atom stereocenters. The molecule has 12 aromatic rings. The van der Waals surface area contributed by atoms with Crippen LogP contribution in [0.2, 0.25) is 0 Å². The molecule has 0 aliphatic heterocycles. The molecule has 0 N–H and O–H groups in total. The Balaban J connectivity index is 0.000000153. The van der Waals surface area contributed by atoms with Gasteiger partial charge in [0.05, 0.1) is 0 Å². The van der Waals surface area contributed by atoms with Crippen LogP contribution in [0.5, 0.6) is 0 Å². The maximum Gasteiger partial charge on any atom is 0.0361 e. The molecule has 0 aromatic heterocycles. The maximum absolute atomic E-state index is 2.26. The van der Waals surface area contributed by atoms with E-state index >= 15 is 0 Å². The summed E-state index contributed by atoms with van der Waals surface area (Å²) in [4.78, 5) is 8.54. The van der Waals surface area contributed by atoms with Gasteiger partial charge in [-0.15, -0.1) is 0 Å². The Labute approximate surface area is 550 Å². The summed E-state index contributed by atoms with van der Waals surface area (Å²) in [5, 5.41) is 16.7. The van der Waals surface area contributed by atoms with Crippen LogP contribution in [-0.4, -0.2) is 56.4 Å². The van der Waals surface area contributed by atoms with Crippen LogP contribution in [0.15, 0.2) is 340 Å². The summed E-state index contributed by atoms with van der Waals surface area (Å²) >= 11 is 0. The minimum atomic E-state index is -0.496. The van der Waals surface area contributed by atoms with E-state index in [9.17, 15) is 0 Å². The summed E-state index contributed by atoms with van der Waals surface area (Å²) in [5.74, 6) is 0. The van der Waals surface area contributed by atoms with E-state index < -0.39 is 31.7 Å². The molecule has 0 unspecified atom stereocenters.